The van der Waals surface area contributed by atoms with E-state index in [1.54, 1.807) is 12.1 Å². The van der Waals surface area contributed by atoms with Gasteiger partial charge in [0.2, 0.25) is 0 Å². The quantitative estimate of drug-likeness (QED) is 0.744. The first kappa shape index (κ1) is 10.3. The maximum absolute atomic E-state index is 13.1. The third kappa shape index (κ3) is 2.33. The van der Waals surface area contributed by atoms with E-state index in [9.17, 15) is 4.39 Å². The van der Waals surface area contributed by atoms with Crippen LogP contribution in [0.15, 0.2) is 30.4 Å². The molecule has 2 nitrogen and oxygen atoms in total. The number of anilines is 1. The van der Waals surface area contributed by atoms with Crippen LogP contribution in [0, 0.1) is 17.1 Å². The van der Waals surface area contributed by atoms with E-state index in [1.807, 2.05) is 25.1 Å². The van der Waals surface area contributed by atoms with Gasteiger partial charge in [-0.3, -0.25) is 0 Å². The van der Waals surface area contributed by atoms with Gasteiger partial charge in [0.15, 0.2) is 0 Å². The van der Waals surface area contributed by atoms with Crippen molar-refractivity contribution in [2.75, 3.05) is 11.9 Å². The van der Waals surface area contributed by atoms with Crippen molar-refractivity contribution in [3.8, 4) is 6.07 Å². The summed E-state index contributed by atoms with van der Waals surface area (Å²) in [4.78, 5) is 0. The number of halogens is 1. The predicted octanol–water partition coefficient (Wildman–Crippen LogP) is 2.69. The van der Waals surface area contributed by atoms with Crippen LogP contribution in [-0.2, 0) is 0 Å². The molecule has 0 saturated heterocycles. The summed E-state index contributed by atoms with van der Waals surface area (Å²) in [5, 5.41) is 11.7. The molecule has 14 heavy (non-hydrogen) atoms. The van der Waals surface area contributed by atoms with Gasteiger partial charge in [0, 0.05) is 6.54 Å². The van der Waals surface area contributed by atoms with Gasteiger partial charge in [-0.15, -0.1) is 0 Å². The van der Waals surface area contributed by atoms with Gasteiger partial charge in [0.05, 0.1) is 5.69 Å². The number of nitrogens with zero attached hydrogens (tertiary/aromatic N) is 1. The molecule has 0 aliphatic heterocycles. The lowest BCUT2D eigenvalue weighted by Gasteiger charge is -2.05. The zero-order valence-electron chi connectivity index (χ0n) is 7.92. The molecule has 1 N–H and O–H groups in total. The number of benzene rings is 1. The van der Waals surface area contributed by atoms with Crippen molar-refractivity contribution in [3.05, 3.63) is 41.7 Å². The summed E-state index contributed by atoms with van der Waals surface area (Å²) in [7, 11) is 0. The fourth-order valence-electron chi connectivity index (χ4n) is 1.07. The Balaban J connectivity index is 2.86. The Hall–Kier alpha value is -1.82. The molecule has 0 fully saturated rings. The molecule has 0 bridgehead atoms. The minimum atomic E-state index is -0.488. The molecule has 0 spiro atoms. The lowest BCUT2D eigenvalue weighted by Crippen LogP contribution is -2.01. The first-order chi connectivity index (χ1) is 6.79. The fourth-order valence-corrected chi connectivity index (χ4v) is 1.07. The van der Waals surface area contributed by atoms with Crippen molar-refractivity contribution in [2.45, 2.75) is 6.92 Å². The first-order valence-corrected chi connectivity index (χ1v) is 4.33. The van der Waals surface area contributed by atoms with E-state index >= 15 is 0 Å². The van der Waals surface area contributed by atoms with Crippen LogP contribution in [0.25, 0.3) is 0 Å². The second-order valence-corrected chi connectivity index (χ2v) is 2.72. The Morgan fingerprint density at radius 2 is 2.36 bits per heavy atom. The Morgan fingerprint density at radius 3 is 3.00 bits per heavy atom. The van der Waals surface area contributed by atoms with Crippen molar-refractivity contribution in [3.63, 3.8) is 0 Å². The van der Waals surface area contributed by atoms with Gasteiger partial charge >= 0.3 is 0 Å². The number of rotatable bonds is 3. The van der Waals surface area contributed by atoms with Crippen molar-refractivity contribution in [1.29, 1.82) is 5.26 Å². The maximum Gasteiger partial charge on any atom is 0.143 e. The molecular weight excluding hydrogens is 179 g/mol. The van der Waals surface area contributed by atoms with Crippen LogP contribution in [-0.4, -0.2) is 6.54 Å². The van der Waals surface area contributed by atoms with E-state index in [1.165, 1.54) is 6.07 Å². The minimum absolute atomic E-state index is 0.0667. The highest BCUT2D eigenvalue weighted by Crippen LogP contribution is 2.17. The van der Waals surface area contributed by atoms with Crippen LogP contribution < -0.4 is 5.32 Å². The zero-order valence-corrected chi connectivity index (χ0v) is 7.92. The molecule has 0 radical (unpaired) electrons. The van der Waals surface area contributed by atoms with Gasteiger partial charge in [0.25, 0.3) is 0 Å². The number of hydrogen-bond donors (Lipinski definition) is 1. The second kappa shape index (κ2) is 5.03. The van der Waals surface area contributed by atoms with E-state index in [0.717, 1.165) is 0 Å². The van der Waals surface area contributed by atoms with Crippen molar-refractivity contribution < 1.29 is 4.39 Å². The summed E-state index contributed by atoms with van der Waals surface area (Å²) in [5.41, 5.74) is 0.600. The van der Waals surface area contributed by atoms with Gasteiger partial charge in [-0.05, 0) is 19.1 Å². The highest BCUT2D eigenvalue weighted by molar-refractivity contribution is 5.58. The van der Waals surface area contributed by atoms with Gasteiger partial charge in [-0.1, -0.05) is 18.2 Å². The summed E-state index contributed by atoms with van der Waals surface area (Å²) in [6, 6.07) is 6.37. The smallest absolute Gasteiger partial charge is 0.143 e. The van der Waals surface area contributed by atoms with E-state index in [0.29, 0.717) is 12.2 Å². The molecule has 0 atom stereocenters. The highest BCUT2D eigenvalue weighted by atomic mass is 19.1. The molecule has 72 valence electrons. The van der Waals surface area contributed by atoms with Crippen LogP contribution in [0.2, 0.25) is 0 Å². The molecular formula is C11H11FN2. The lowest BCUT2D eigenvalue weighted by molar-refractivity contribution is 0.624. The molecule has 0 saturated carbocycles. The Bertz CT molecular complexity index is 377. The monoisotopic (exact) mass is 190 g/mol. The third-order valence-electron chi connectivity index (χ3n) is 1.77. The van der Waals surface area contributed by atoms with Crippen molar-refractivity contribution in [1.82, 2.24) is 0 Å². The van der Waals surface area contributed by atoms with Gasteiger partial charge in [-0.25, -0.2) is 4.39 Å². The maximum atomic E-state index is 13.1. The van der Waals surface area contributed by atoms with E-state index in [4.69, 9.17) is 5.26 Å². The number of nitrogens with one attached hydrogen (secondary N) is 1. The van der Waals surface area contributed by atoms with Crippen LogP contribution in [0.1, 0.15) is 12.5 Å². The predicted molar refractivity (Wildman–Crippen MR) is 54.4 cm³/mol. The Morgan fingerprint density at radius 1 is 1.57 bits per heavy atom. The molecule has 0 unspecified atom stereocenters. The Labute approximate surface area is 82.7 Å². The van der Waals surface area contributed by atoms with Crippen LogP contribution >= 0.6 is 0 Å². The average Bonchev–Trinajstić information content (AvgIpc) is 2.18. The topological polar surface area (TPSA) is 35.8 Å². The molecule has 3 heteroatoms. The summed E-state index contributed by atoms with van der Waals surface area (Å²) in [6.07, 6.45) is 3.78. The van der Waals surface area contributed by atoms with Crippen LogP contribution in [0.4, 0.5) is 10.1 Å². The fraction of sp³-hybridized carbons (Fsp3) is 0.182. The van der Waals surface area contributed by atoms with Crippen LogP contribution in [0.3, 0.4) is 0 Å². The summed E-state index contributed by atoms with van der Waals surface area (Å²) in [5.74, 6) is -0.488. The Kier molecular flexibility index (Phi) is 3.69. The van der Waals surface area contributed by atoms with E-state index < -0.39 is 5.82 Å². The normalized spacial score (nSPS) is 10.1. The lowest BCUT2D eigenvalue weighted by atomic mass is 10.2. The first-order valence-electron chi connectivity index (χ1n) is 4.33. The molecule has 1 aromatic carbocycles. The molecule has 0 aliphatic carbocycles. The summed E-state index contributed by atoms with van der Waals surface area (Å²) < 4.78 is 13.1. The molecule has 0 heterocycles. The standard InChI is InChI=1S/C11H11FN2/c1-2-3-7-14-11-6-4-5-10(12)9(11)8-13/h2-6,14H,7H2,1H3/b3-2+. The van der Waals surface area contributed by atoms with Crippen LogP contribution in [0.5, 0.6) is 0 Å². The number of allylic oxidation sites excluding steroid dienone is 1. The third-order valence-corrected chi connectivity index (χ3v) is 1.77. The molecule has 0 aliphatic rings. The summed E-state index contributed by atoms with van der Waals surface area (Å²) >= 11 is 0. The molecule has 1 rings (SSSR count). The van der Waals surface area contributed by atoms with Gasteiger partial charge < -0.3 is 5.32 Å². The number of hydrogen-bond acceptors (Lipinski definition) is 2. The van der Waals surface area contributed by atoms with E-state index in [-0.39, 0.29) is 5.56 Å². The largest absolute Gasteiger partial charge is 0.380 e. The second-order valence-electron chi connectivity index (χ2n) is 2.72. The molecule has 0 aromatic heterocycles. The molecule has 0 amide bonds. The SMILES string of the molecule is C/C=C/CNc1cccc(F)c1C#N. The van der Waals surface area contributed by atoms with Crippen molar-refractivity contribution in [2.24, 2.45) is 0 Å². The number of nitriles is 1. The van der Waals surface area contributed by atoms with Gasteiger partial charge in [0.1, 0.15) is 17.4 Å². The average molecular weight is 190 g/mol. The van der Waals surface area contributed by atoms with E-state index in [2.05, 4.69) is 5.32 Å². The minimum Gasteiger partial charge on any atom is -0.380 e. The highest BCUT2D eigenvalue weighted by Gasteiger charge is 2.05. The van der Waals surface area contributed by atoms with Crippen molar-refractivity contribution >= 4 is 5.69 Å². The molecule has 1 aromatic rings. The zero-order chi connectivity index (χ0) is 10.4. The van der Waals surface area contributed by atoms with Gasteiger partial charge in [-0.2, -0.15) is 5.26 Å². The summed E-state index contributed by atoms with van der Waals surface area (Å²) in [6.45, 7) is 2.49.